The van der Waals surface area contributed by atoms with E-state index in [2.05, 4.69) is 113 Å². The smallest absolute Gasteiger partial charge is 0.255 e. The Morgan fingerprint density at radius 2 is 1.21 bits per heavy atom. The molecule has 2 saturated heterocycles. The van der Waals surface area contributed by atoms with E-state index in [4.69, 9.17) is 48.2 Å². The molecule has 0 unspecified atom stereocenters. The molecule has 6 aromatic heterocycles. The zero-order valence-electron chi connectivity index (χ0n) is 47.1. The SMILES string of the molecule is C[C@@H](NC(=O)c1cn(COCC[Si](C)(C)C)c2ncc(-c3n[nH]c4cc(Cl)ccc34)nc12)C(=O)N1CC(C#N)C1.C[C@@H](NC(=O)c1cn(COCC[Si](C)(C)C)c2ncc(Br)nc12)C(=O)N1CC(C#N)C1.Cc1[nH]nc2cc(Cl)ccc12. The van der Waals surface area contributed by atoms with Gasteiger partial charge in [-0.2, -0.15) is 20.7 Å². The lowest BCUT2D eigenvalue weighted by Crippen LogP contribution is -2.55. The number of H-pyrrole nitrogens is 2. The van der Waals surface area contributed by atoms with Crippen LogP contribution in [0.3, 0.4) is 0 Å². The van der Waals surface area contributed by atoms with Crippen LogP contribution < -0.4 is 10.6 Å². The number of ether oxygens (including phenoxy) is 2. The highest BCUT2D eigenvalue weighted by molar-refractivity contribution is 9.10. The molecule has 2 fully saturated rings. The molecule has 2 aliphatic heterocycles. The number of amides is 4. The summed E-state index contributed by atoms with van der Waals surface area (Å²) in [4.78, 5) is 73.0. The van der Waals surface area contributed by atoms with E-state index in [9.17, 15) is 19.2 Å². The van der Waals surface area contributed by atoms with Crippen LogP contribution in [0.2, 0.25) is 61.4 Å². The number of nitrogens with one attached hydrogen (secondary N) is 4. The van der Waals surface area contributed by atoms with Crippen LogP contribution in [0.15, 0.2) is 65.8 Å². The Kier molecular flexibility index (Phi) is 19.3. The number of hydrogen-bond donors (Lipinski definition) is 4. The Bertz CT molecular complexity index is 3750. The van der Waals surface area contributed by atoms with E-state index in [0.29, 0.717) is 88.3 Å². The summed E-state index contributed by atoms with van der Waals surface area (Å²) in [6, 6.07) is 16.0. The highest BCUT2D eigenvalue weighted by Gasteiger charge is 2.35. The lowest BCUT2D eigenvalue weighted by atomic mass is 10.0. The van der Waals surface area contributed by atoms with E-state index < -0.39 is 40.0 Å². The monoisotopic (exact) mass is 1250 g/mol. The van der Waals surface area contributed by atoms with Gasteiger partial charge in [-0.25, -0.2) is 19.9 Å². The Hall–Kier alpha value is -7.11. The Morgan fingerprint density at radius 1 is 0.720 bits per heavy atom. The fourth-order valence-electron chi connectivity index (χ4n) is 8.81. The van der Waals surface area contributed by atoms with E-state index in [1.165, 1.54) is 0 Å². The van der Waals surface area contributed by atoms with E-state index in [1.54, 1.807) is 69.7 Å². The van der Waals surface area contributed by atoms with Gasteiger partial charge in [0, 0.05) is 94.4 Å². The van der Waals surface area contributed by atoms with Gasteiger partial charge in [0.2, 0.25) is 11.8 Å². The molecule has 4 N–H and O–H groups in total. The highest BCUT2D eigenvalue weighted by atomic mass is 79.9. The zero-order valence-corrected chi connectivity index (χ0v) is 52.2. The van der Waals surface area contributed by atoms with Crippen molar-refractivity contribution < 1.29 is 28.7 Å². The van der Waals surface area contributed by atoms with Crippen LogP contribution in [0.4, 0.5) is 0 Å². The molecule has 27 heteroatoms. The van der Waals surface area contributed by atoms with Gasteiger partial charge in [-0.15, -0.1) is 0 Å². The van der Waals surface area contributed by atoms with E-state index in [0.717, 1.165) is 44.6 Å². The molecule has 8 aromatic rings. The number of nitrogens with zero attached hydrogens (tertiary/aromatic N) is 12. The minimum absolute atomic E-state index is 0.126. The first kappa shape index (κ1) is 61.0. The van der Waals surface area contributed by atoms with Crippen molar-refractivity contribution in [2.75, 3.05) is 39.4 Å². The van der Waals surface area contributed by atoms with Gasteiger partial charge in [0.15, 0.2) is 11.3 Å². The normalized spacial score (nSPS) is 14.5. The highest BCUT2D eigenvalue weighted by Crippen LogP contribution is 2.30. The van der Waals surface area contributed by atoms with Gasteiger partial charge in [0.1, 0.15) is 52.6 Å². The molecule has 2 aromatic carbocycles. The van der Waals surface area contributed by atoms with E-state index >= 15 is 0 Å². The number of rotatable bonds is 17. The molecule has 10 rings (SSSR count). The molecular formula is C55H65BrCl2N16O6Si2. The number of carbonyl (C=O) groups is 4. The van der Waals surface area contributed by atoms with Gasteiger partial charge in [-0.05, 0) is 85.2 Å². The fourth-order valence-corrected chi connectivity index (χ4v) is 10.9. The molecule has 430 valence electrons. The van der Waals surface area contributed by atoms with Crippen LogP contribution in [0.25, 0.3) is 55.5 Å². The average Bonchev–Trinajstić information content (AvgIpc) is 3.55. The molecule has 22 nitrogen and oxygen atoms in total. The third-order valence-corrected chi connectivity index (χ3v) is 18.0. The summed E-state index contributed by atoms with van der Waals surface area (Å²) < 4.78 is 15.8. The summed E-state index contributed by atoms with van der Waals surface area (Å²) in [7, 11) is -2.47. The predicted molar refractivity (Wildman–Crippen MR) is 322 cm³/mol. The summed E-state index contributed by atoms with van der Waals surface area (Å²) in [5, 5.41) is 41.0. The number of aryl methyl sites for hydroxylation is 1. The molecule has 8 heterocycles. The van der Waals surface area contributed by atoms with Crippen molar-refractivity contribution in [2.24, 2.45) is 11.8 Å². The van der Waals surface area contributed by atoms with Crippen molar-refractivity contribution in [2.45, 2.75) is 97.7 Å². The van der Waals surface area contributed by atoms with Gasteiger partial charge < -0.3 is 39.0 Å². The number of aromatic amines is 2. The van der Waals surface area contributed by atoms with Crippen LogP contribution in [0.5, 0.6) is 0 Å². The van der Waals surface area contributed by atoms with Gasteiger partial charge >= 0.3 is 0 Å². The third kappa shape index (κ3) is 14.9. The van der Waals surface area contributed by atoms with Crippen LogP contribution in [-0.2, 0) is 32.5 Å². The number of nitriles is 2. The lowest BCUT2D eigenvalue weighted by Gasteiger charge is -2.37. The summed E-state index contributed by atoms with van der Waals surface area (Å²) in [5.74, 6) is -1.57. The summed E-state index contributed by atoms with van der Waals surface area (Å²) in [5.41, 5.74) is 6.29. The molecule has 0 radical (unpaired) electrons. The first-order valence-corrected chi connectivity index (χ1v) is 35.6. The van der Waals surface area contributed by atoms with Crippen LogP contribution in [-0.4, -0.2) is 151 Å². The quantitative estimate of drug-likeness (QED) is 0.0489. The maximum Gasteiger partial charge on any atom is 0.255 e. The van der Waals surface area contributed by atoms with Gasteiger partial charge in [-0.3, -0.25) is 29.4 Å². The number of likely N-dealkylation sites (tertiary alicyclic amines) is 2. The van der Waals surface area contributed by atoms with Gasteiger partial charge in [0.25, 0.3) is 11.8 Å². The first-order valence-electron chi connectivity index (χ1n) is 26.7. The number of carbonyl (C=O) groups excluding carboxylic acids is 4. The second-order valence-electron chi connectivity index (χ2n) is 22.8. The second kappa shape index (κ2) is 26.0. The lowest BCUT2D eigenvalue weighted by molar-refractivity contribution is -0.138. The van der Waals surface area contributed by atoms with E-state index in [-0.39, 0.29) is 42.7 Å². The molecule has 0 spiro atoms. The maximum atomic E-state index is 13.5. The van der Waals surface area contributed by atoms with Crippen LogP contribution in [0, 0.1) is 41.4 Å². The average molecular weight is 1250 g/mol. The Labute approximate surface area is 494 Å². The largest absolute Gasteiger partial charge is 0.361 e. The summed E-state index contributed by atoms with van der Waals surface area (Å²) >= 11 is 15.2. The zero-order chi connectivity index (χ0) is 59.2. The minimum atomic E-state index is -1.27. The maximum absolute atomic E-state index is 13.5. The molecule has 0 bridgehead atoms. The number of halogens is 3. The number of aromatic nitrogens is 10. The first-order chi connectivity index (χ1) is 38.9. The molecule has 2 aliphatic rings. The molecule has 0 aliphatic carbocycles. The standard InChI is InChI=1S/C27H31ClN8O3Si.C20H27BrN6O3Si.C8H7ClN2/c1-16(27(38)35-12-17(10-29)13-35)31-26(37)20-14-36(15-39-7-8-40(2,3)4)25-24(20)32-22(11-30-25)23-19-6-5-18(28)9-21(19)33-34-23;1-13(20(29)26-9-14(7-22)10-26)24-19(28)15-11-27(12-30-5-6-31(2,3)4)18-17(15)25-16(21)8-23-18;1-5-7-3-2-6(9)4-8(7)11-10-5/h5-6,9,11,14,16-17H,7-8,12-13,15H2,1-4H3,(H,31,37)(H,33,34);8,11,13-14H,5-6,9-10,12H2,1-4H3,(H,24,28);2-4H,1H3,(H,10,11)/t16-;13-;/m11./s1. The molecule has 4 amide bonds. The molecule has 2 atom stereocenters. The van der Waals surface area contributed by atoms with Crippen molar-refractivity contribution in [1.29, 1.82) is 10.5 Å². The number of hydrogen-bond acceptors (Lipinski definition) is 14. The Balaban J connectivity index is 0.000000184. The van der Waals surface area contributed by atoms with Crippen molar-refractivity contribution >= 4 is 123 Å². The summed E-state index contributed by atoms with van der Waals surface area (Å²) in [6.45, 7) is 22.3. The van der Waals surface area contributed by atoms with Crippen molar-refractivity contribution in [3.63, 3.8) is 0 Å². The topological polar surface area (TPSA) is 284 Å². The number of benzene rings is 2. The minimum Gasteiger partial charge on any atom is -0.361 e. The third-order valence-electron chi connectivity index (χ3n) is 13.7. The fraction of sp³-hybridized carbons (Fsp3) is 0.418. The molecule has 82 heavy (non-hydrogen) atoms. The van der Waals surface area contributed by atoms with Crippen molar-refractivity contribution in [1.82, 2.24) is 69.9 Å². The molecule has 0 saturated carbocycles. The second-order valence-corrected chi connectivity index (χ2v) is 35.7. The van der Waals surface area contributed by atoms with Gasteiger partial charge in [-0.1, -0.05) is 62.5 Å². The van der Waals surface area contributed by atoms with E-state index in [1.807, 2.05) is 31.2 Å². The Morgan fingerprint density at radius 3 is 1.72 bits per heavy atom. The van der Waals surface area contributed by atoms with Crippen molar-refractivity contribution in [3.05, 3.63) is 92.7 Å². The summed E-state index contributed by atoms with van der Waals surface area (Å²) in [6.07, 6.45) is 6.51. The number of fused-ring (bicyclic) bond motifs is 4. The van der Waals surface area contributed by atoms with Gasteiger partial charge in [0.05, 0.1) is 58.5 Å². The predicted octanol–water partition coefficient (Wildman–Crippen LogP) is 9.17. The van der Waals surface area contributed by atoms with Crippen LogP contribution >= 0.6 is 39.1 Å². The van der Waals surface area contributed by atoms with Crippen molar-refractivity contribution in [3.8, 4) is 23.5 Å². The molecular weight excluding hydrogens is 1190 g/mol. The van der Waals surface area contributed by atoms with Crippen LogP contribution in [0.1, 0.15) is 40.3 Å².